The number of nitrogens with one attached hydrogen (secondary N) is 1. The predicted molar refractivity (Wildman–Crippen MR) is 71.3 cm³/mol. The summed E-state index contributed by atoms with van der Waals surface area (Å²) >= 11 is 3.39. The van der Waals surface area contributed by atoms with E-state index >= 15 is 0 Å². The lowest BCUT2D eigenvalue weighted by Gasteiger charge is -2.21. The van der Waals surface area contributed by atoms with E-state index in [9.17, 15) is 0 Å². The van der Waals surface area contributed by atoms with Crippen molar-refractivity contribution < 1.29 is 0 Å². The van der Waals surface area contributed by atoms with E-state index in [1.165, 1.54) is 18.5 Å². The molecule has 0 spiro atoms. The first-order valence-corrected chi connectivity index (χ1v) is 5.48. The zero-order chi connectivity index (χ0) is 9.10. The van der Waals surface area contributed by atoms with Gasteiger partial charge in [-0.25, -0.2) is 0 Å². The minimum absolute atomic E-state index is 0. The van der Waals surface area contributed by atoms with Crippen LogP contribution in [0.2, 0.25) is 0 Å². The molecule has 1 aromatic heterocycles. The smallest absolute Gasteiger partial charge is 0.0436 e. The van der Waals surface area contributed by atoms with E-state index in [4.69, 9.17) is 0 Å². The molecule has 2 nitrogen and oxygen atoms in total. The Morgan fingerprint density at radius 3 is 2.40 bits per heavy atom. The van der Waals surface area contributed by atoms with Crippen molar-refractivity contribution in [3.8, 4) is 0 Å². The molecule has 0 aliphatic carbocycles. The number of piperidine rings is 1. The van der Waals surface area contributed by atoms with Crippen molar-refractivity contribution in [2.24, 2.45) is 0 Å². The number of nitrogens with zero attached hydrogens (tertiary/aromatic N) is 1. The molecule has 5 heteroatoms. The predicted octanol–water partition coefficient (Wildman–Crippen LogP) is 3.15. The topological polar surface area (TPSA) is 24.9 Å². The Morgan fingerprint density at radius 1 is 1.20 bits per heavy atom. The van der Waals surface area contributed by atoms with Gasteiger partial charge in [0.15, 0.2) is 0 Å². The van der Waals surface area contributed by atoms with Crippen molar-refractivity contribution in [2.75, 3.05) is 13.1 Å². The molecule has 0 bridgehead atoms. The van der Waals surface area contributed by atoms with Gasteiger partial charge in [0.2, 0.25) is 0 Å². The first-order chi connectivity index (χ1) is 6.36. The Morgan fingerprint density at radius 2 is 1.87 bits per heavy atom. The highest BCUT2D eigenvalue weighted by atomic mass is 79.9. The molecule has 1 aliphatic rings. The van der Waals surface area contributed by atoms with E-state index in [2.05, 4.69) is 38.4 Å². The average Bonchev–Trinajstić information content (AvgIpc) is 2.20. The van der Waals surface area contributed by atoms with Crippen LogP contribution in [0, 0.1) is 0 Å². The van der Waals surface area contributed by atoms with Crippen LogP contribution in [0.4, 0.5) is 0 Å². The number of rotatable bonds is 1. The van der Waals surface area contributed by atoms with Crippen LogP contribution in [-0.4, -0.2) is 18.1 Å². The van der Waals surface area contributed by atoms with Crippen LogP contribution in [0.15, 0.2) is 22.8 Å². The van der Waals surface area contributed by atoms with Gasteiger partial charge in [-0.05, 0) is 54.0 Å². The van der Waals surface area contributed by atoms with Gasteiger partial charge >= 0.3 is 0 Å². The highest BCUT2D eigenvalue weighted by Gasteiger charge is 2.15. The molecular formula is C10H15BrCl2N2. The SMILES string of the molecule is Brc1ccc(C2CCNCC2)nc1.Cl.Cl. The Hall–Kier alpha value is 0.170. The van der Waals surface area contributed by atoms with Crippen molar-refractivity contribution in [2.45, 2.75) is 18.8 Å². The highest BCUT2D eigenvalue weighted by molar-refractivity contribution is 9.10. The van der Waals surface area contributed by atoms with E-state index in [0.717, 1.165) is 17.6 Å². The molecular weight excluding hydrogens is 299 g/mol. The van der Waals surface area contributed by atoms with Crippen LogP contribution in [0.3, 0.4) is 0 Å². The molecule has 1 aliphatic heterocycles. The third kappa shape index (κ3) is 4.27. The molecule has 0 unspecified atom stereocenters. The summed E-state index contributed by atoms with van der Waals surface area (Å²) in [5.41, 5.74) is 1.24. The molecule has 15 heavy (non-hydrogen) atoms. The largest absolute Gasteiger partial charge is 0.317 e. The molecule has 2 rings (SSSR count). The quantitative estimate of drug-likeness (QED) is 0.861. The van der Waals surface area contributed by atoms with Crippen LogP contribution in [0.5, 0.6) is 0 Å². The second kappa shape index (κ2) is 7.44. The van der Waals surface area contributed by atoms with Gasteiger partial charge in [0.1, 0.15) is 0 Å². The summed E-state index contributed by atoms with van der Waals surface area (Å²) in [6, 6.07) is 4.20. The number of aromatic nitrogens is 1. The summed E-state index contributed by atoms with van der Waals surface area (Å²) in [7, 11) is 0. The molecule has 0 aromatic carbocycles. The lowest BCUT2D eigenvalue weighted by Crippen LogP contribution is -2.26. The van der Waals surface area contributed by atoms with Crippen LogP contribution >= 0.6 is 40.7 Å². The first kappa shape index (κ1) is 15.2. The van der Waals surface area contributed by atoms with Crippen LogP contribution in [-0.2, 0) is 0 Å². The monoisotopic (exact) mass is 312 g/mol. The fraction of sp³-hybridized carbons (Fsp3) is 0.500. The fourth-order valence-electron chi connectivity index (χ4n) is 1.75. The maximum Gasteiger partial charge on any atom is 0.0436 e. The van der Waals surface area contributed by atoms with E-state index < -0.39 is 0 Å². The average molecular weight is 314 g/mol. The normalized spacial score (nSPS) is 16.3. The third-order valence-corrected chi connectivity index (χ3v) is 2.98. The van der Waals surface area contributed by atoms with Crippen LogP contribution in [0.1, 0.15) is 24.5 Å². The summed E-state index contributed by atoms with van der Waals surface area (Å²) in [5, 5.41) is 3.36. The Bertz CT molecular complexity index is 273. The molecule has 0 radical (unpaired) electrons. The van der Waals surface area contributed by atoms with Crippen LogP contribution in [0.25, 0.3) is 0 Å². The Balaban J connectivity index is 0.000000980. The molecule has 1 saturated heterocycles. The second-order valence-electron chi connectivity index (χ2n) is 3.43. The van der Waals surface area contributed by atoms with Crippen molar-refractivity contribution in [3.05, 3.63) is 28.5 Å². The molecule has 1 N–H and O–H groups in total. The standard InChI is InChI=1S/C10H13BrN2.2ClH/c11-9-1-2-10(13-7-9)8-3-5-12-6-4-8;;/h1-2,7-8,12H,3-6H2;2*1H. The summed E-state index contributed by atoms with van der Waals surface area (Å²) in [6.45, 7) is 2.25. The van der Waals surface area contributed by atoms with Gasteiger partial charge in [-0.1, -0.05) is 0 Å². The molecule has 1 aromatic rings. The van der Waals surface area contributed by atoms with Crippen molar-refractivity contribution in [1.82, 2.24) is 10.3 Å². The van der Waals surface area contributed by atoms with Gasteiger partial charge < -0.3 is 5.32 Å². The maximum absolute atomic E-state index is 4.43. The minimum atomic E-state index is 0. The second-order valence-corrected chi connectivity index (χ2v) is 4.34. The lowest BCUT2D eigenvalue weighted by molar-refractivity contribution is 0.453. The Kier molecular flexibility index (Phi) is 7.53. The van der Waals surface area contributed by atoms with Crippen molar-refractivity contribution in [1.29, 1.82) is 0 Å². The summed E-state index contributed by atoms with van der Waals surface area (Å²) < 4.78 is 1.06. The molecule has 0 atom stereocenters. The number of pyridine rings is 1. The Labute approximate surface area is 111 Å². The zero-order valence-electron chi connectivity index (χ0n) is 8.28. The maximum atomic E-state index is 4.43. The van der Waals surface area contributed by atoms with Gasteiger partial charge in [0.25, 0.3) is 0 Å². The summed E-state index contributed by atoms with van der Waals surface area (Å²) in [4.78, 5) is 4.43. The number of hydrogen-bond acceptors (Lipinski definition) is 2. The number of hydrogen-bond donors (Lipinski definition) is 1. The van der Waals surface area contributed by atoms with E-state index in [-0.39, 0.29) is 24.8 Å². The third-order valence-electron chi connectivity index (χ3n) is 2.51. The van der Waals surface area contributed by atoms with E-state index in [1.54, 1.807) is 0 Å². The zero-order valence-corrected chi connectivity index (χ0v) is 11.5. The molecule has 0 saturated carbocycles. The van der Waals surface area contributed by atoms with Gasteiger partial charge in [-0.3, -0.25) is 4.98 Å². The number of halogens is 3. The van der Waals surface area contributed by atoms with Gasteiger partial charge in [0, 0.05) is 22.3 Å². The van der Waals surface area contributed by atoms with E-state index in [0.29, 0.717) is 5.92 Å². The minimum Gasteiger partial charge on any atom is -0.317 e. The van der Waals surface area contributed by atoms with Gasteiger partial charge in [0.05, 0.1) is 0 Å². The van der Waals surface area contributed by atoms with Gasteiger partial charge in [-0.15, -0.1) is 24.8 Å². The highest BCUT2D eigenvalue weighted by Crippen LogP contribution is 2.23. The summed E-state index contributed by atoms with van der Waals surface area (Å²) in [5.74, 6) is 0.661. The summed E-state index contributed by atoms with van der Waals surface area (Å²) in [6.07, 6.45) is 4.32. The molecule has 0 amide bonds. The van der Waals surface area contributed by atoms with E-state index in [1.807, 2.05) is 6.20 Å². The first-order valence-electron chi connectivity index (χ1n) is 4.68. The van der Waals surface area contributed by atoms with Crippen LogP contribution < -0.4 is 5.32 Å². The fourth-order valence-corrected chi connectivity index (χ4v) is 1.98. The van der Waals surface area contributed by atoms with Crippen molar-refractivity contribution >= 4 is 40.7 Å². The molecule has 2 heterocycles. The lowest BCUT2D eigenvalue weighted by atomic mass is 9.94. The van der Waals surface area contributed by atoms with Crippen molar-refractivity contribution in [3.63, 3.8) is 0 Å². The molecule has 1 fully saturated rings. The van der Waals surface area contributed by atoms with Gasteiger partial charge in [-0.2, -0.15) is 0 Å². The molecule has 86 valence electrons.